The van der Waals surface area contributed by atoms with E-state index in [2.05, 4.69) is 50.2 Å². The molecular weight excluding hydrogens is 294 g/mol. The van der Waals surface area contributed by atoms with Crippen molar-refractivity contribution in [2.45, 2.75) is 32.7 Å². The van der Waals surface area contributed by atoms with Gasteiger partial charge in [-0.1, -0.05) is 30.4 Å². The van der Waals surface area contributed by atoms with Gasteiger partial charge in [-0.25, -0.2) is 4.98 Å². The molecule has 0 fully saturated rings. The quantitative estimate of drug-likeness (QED) is 0.804. The van der Waals surface area contributed by atoms with Crippen LogP contribution < -0.4 is 5.32 Å². The molecule has 1 aromatic carbocycles. The predicted octanol–water partition coefficient (Wildman–Crippen LogP) is 3.12. The molecule has 4 rings (SSSR count). The highest BCUT2D eigenvalue weighted by atomic mass is 32.1. The van der Waals surface area contributed by atoms with Crippen molar-refractivity contribution in [3.63, 3.8) is 0 Å². The third-order valence-corrected chi connectivity index (χ3v) is 5.27. The third-order valence-electron chi connectivity index (χ3n) is 4.27. The Morgan fingerprint density at radius 3 is 3.09 bits per heavy atom. The first-order valence-electron chi connectivity index (χ1n) is 7.84. The third kappa shape index (κ3) is 2.47. The highest BCUT2D eigenvalue weighted by Crippen LogP contribution is 2.26. The number of aromatic nitrogens is 4. The molecule has 0 bridgehead atoms. The van der Waals surface area contributed by atoms with Gasteiger partial charge in [0.1, 0.15) is 11.6 Å². The number of nitrogens with zero attached hydrogens (tertiary/aromatic N) is 4. The summed E-state index contributed by atoms with van der Waals surface area (Å²) in [6.45, 7) is 4.12. The minimum absolute atomic E-state index is 0.612. The van der Waals surface area contributed by atoms with Crippen LogP contribution in [0.4, 0.5) is 5.13 Å². The molecule has 6 heteroatoms. The topological polar surface area (TPSA) is 55.6 Å². The van der Waals surface area contributed by atoms with Gasteiger partial charge in [0, 0.05) is 25.9 Å². The summed E-state index contributed by atoms with van der Waals surface area (Å²) in [5, 5.41) is 13.1. The molecule has 0 saturated heterocycles. The zero-order valence-electron chi connectivity index (χ0n) is 12.6. The van der Waals surface area contributed by atoms with Crippen LogP contribution in [0.15, 0.2) is 24.3 Å². The lowest BCUT2D eigenvalue weighted by Gasteiger charge is -2.24. The molecule has 1 aliphatic rings. The highest BCUT2D eigenvalue weighted by Gasteiger charge is 2.22. The van der Waals surface area contributed by atoms with Gasteiger partial charge in [0.05, 0.1) is 10.2 Å². The molecule has 0 saturated carbocycles. The smallest absolute Gasteiger partial charge is 0.183 e. The van der Waals surface area contributed by atoms with Crippen LogP contribution in [0.5, 0.6) is 0 Å². The number of para-hydroxylation sites is 1. The average molecular weight is 313 g/mol. The Hall–Kier alpha value is -1.95. The second-order valence-corrected chi connectivity index (χ2v) is 6.80. The molecular formula is C16H19N5S. The molecule has 3 heterocycles. The first-order chi connectivity index (χ1) is 10.8. The van der Waals surface area contributed by atoms with Crippen molar-refractivity contribution in [3.8, 4) is 0 Å². The molecule has 1 aliphatic heterocycles. The SMILES string of the molecule is CCc1nnc2n1C[C@H](CNc1nc3ccccc3s1)CC2. The molecule has 22 heavy (non-hydrogen) atoms. The molecule has 1 N–H and O–H groups in total. The van der Waals surface area contributed by atoms with Crippen LogP contribution in [-0.2, 0) is 19.4 Å². The Bertz CT molecular complexity index is 744. The fourth-order valence-electron chi connectivity index (χ4n) is 3.06. The fraction of sp³-hybridized carbons (Fsp3) is 0.438. The molecule has 3 aromatic rings. The van der Waals surface area contributed by atoms with E-state index in [1.165, 1.54) is 11.1 Å². The van der Waals surface area contributed by atoms with Gasteiger partial charge < -0.3 is 9.88 Å². The van der Waals surface area contributed by atoms with E-state index in [9.17, 15) is 0 Å². The van der Waals surface area contributed by atoms with Crippen LogP contribution in [0, 0.1) is 5.92 Å². The maximum absolute atomic E-state index is 4.64. The second kappa shape index (κ2) is 5.68. The molecule has 1 atom stereocenters. The molecule has 114 valence electrons. The van der Waals surface area contributed by atoms with Crippen molar-refractivity contribution in [1.82, 2.24) is 19.7 Å². The monoisotopic (exact) mass is 313 g/mol. The van der Waals surface area contributed by atoms with Gasteiger partial charge in [-0.15, -0.1) is 10.2 Å². The van der Waals surface area contributed by atoms with Crippen LogP contribution in [0.25, 0.3) is 10.2 Å². The van der Waals surface area contributed by atoms with Crippen LogP contribution in [0.1, 0.15) is 25.0 Å². The number of benzene rings is 1. The maximum atomic E-state index is 4.64. The summed E-state index contributed by atoms with van der Waals surface area (Å²) < 4.78 is 3.54. The molecule has 0 aliphatic carbocycles. The van der Waals surface area contributed by atoms with E-state index in [0.29, 0.717) is 5.92 Å². The first-order valence-corrected chi connectivity index (χ1v) is 8.65. The summed E-state index contributed by atoms with van der Waals surface area (Å²) in [5.74, 6) is 2.87. The van der Waals surface area contributed by atoms with Crippen LogP contribution in [0.3, 0.4) is 0 Å². The molecule has 0 amide bonds. The van der Waals surface area contributed by atoms with Gasteiger partial charge in [-0.3, -0.25) is 0 Å². The van der Waals surface area contributed by atoms with Crippen molar-refractivity contribution in [2.75, 3.05) is 11.9 Å². The Balaban J connectivity index is 1.44. The number of thiazole rings is 1. The first kappa shape index (κ1) is 13.7. The van der Waals surface area contributed by atoms with Crippen LogP contribution in [0.2, 0.25) is 0 Å². The van der Waals surface area contributed by atoms with E-state index in [4.69, 9.17) is 0 Å². The summed E-state index contributed by atoms with van der Waals surface area (Å²) in [6, 6.07) is 8.28. The summed E-state index contributed by atoms with van der Waals surface area (Å²) >= 11 is 1.73. The minimum atomic E-state index is 0.612. The normalized spacial score (nSPS) is 17.6. The number of rotatable bonds is 4. The molecule has 0 radical (unpaired) electrons. The molecule has 0 unspecified atom stereocenters. The van der Waals surface area contributed by atoms with Gasteiger partial charge in [0.25, 0.3) is 0 Å². The Morgan fingerprint density at radius 2 is 2.23 bits per heavy atom. The van der Waals surface area contributed by atoms with E-state index in [1.54, 1.807) is 11.3 Å². The van der Waals surface area contributed by atoms with Crippen molar-refractivity contribution >= 4 is 26.7 Å². The summed E-state index contributed by atoms with van der Waals surface area (Å²) in [7, 11) is 0. The predicted molar refractivity (Wildman–Crippen MR) is 89.3 cm³/mol. The van der Waals surface area contributed by atoms with Gasteiger partial charge in [-0.2, -0.15) is 0 Å². The van der Waals surface area contributed by atoms with Crippen molar-refractivity contribution in [3.05, 3.63) is 35.9 Å². The van der Waals surface area contributed by atoms with E-state index in [-0.39, 0.29) is 0 Å². The van der Waals surface area contributed by atoms with E-state index >= 15 is 0 Å². The zero-order valence-corrected chi connectivity index (χ0v) is 13.4. The number of anilines is 1. The Morgan fingerprint density at radius 1 is 1.32 bits per heavy atom. The minimum Gasteiger partial charge on any atom is -0.361 e. The number of nitrogens with one attached hydrogen (secondary N) is 1. The molecule has 5 nitrogen and oxygen atoms in total. The molecule has 0 spiro atoms. The number of aryl methyl sites for hydroxylation is 2. The Labute approximate surface area is 133 Å². The van der Waals surface area contributed by atoms with Gasteiger partial charge in [0.15, 0.2) is 5.13 Å². The Kier molecular flexibility index (Phi) is 3.54. The molecule has 2 aromatic heterocycles. The largest absolute Gasteiger partial charge is 0.361 e. The van der Waals surface area contributed by atoms with E-state index < -0.39 is 0 Å². The standard InChI is InChI=1S/C16H19N5S/c1-2-14-19-20-15-8-7-11(10-21(14)15)9-17-16-18-12-5-3-4-6-13(12)22-16/h3-6,11H,2,7-10H2,1H3,(H,17,18)/t11-/m0/s1. The number of hydrogen-bond donors (Lipinski definition) is 1. The van der Waals surface area contributed by atoms with Gasteiger partial charge in [0.2, 0.25) is 0 Å². The van der Waals surface area contributed by atoms with Gasteiger partial charge in [-0.05, 0) is 24.5 Å². The maximum Gasteiger partial charge on any atom is 0.183 e. The van der Waals surface area contributed by atoms with E-state index in [1.807, 2.05) is 6.07 Å². The fourth-order valence-corrected chi connectivity index (χ4v) is 3.93. The van der Waals surface area contributed by atoms with Crippen molar-refractivity contribution in [2.24, 2.45) is 5.92 Å². The van der Waals surface area contributed by atoms with Crippen LogP contribution in [-0.4, -0.2) is 26.3 Å². The summed E-state index contributed by atoms with van der Waals surface area (Å²) in [6.07, 6.45) is 3.14. The lowest BCUT2D eigenvalue weighted by atomic mass is 9.99. The van der Waals surface area contributed by atoms with Crippen molar-refractivity contribution < 1.29 is 0 Å². The zero-order chi connectivity index (χ0) is 14.9. The highest BCUT2D eigenvalue weighted by molar-refractivity contribution is 7.22. The average Bonchev–Trinajstić information content (AvgIpc) is 3.15. The number of hydrogen-bond acceptors (Lipinski definition) is 5. The van der Waals surface area contributed by atoms with Gasteiger partial charge >= 0.3 is 0 Å². The second-order valence-electron chi connectivity index (χ2n) is 5.77. The lowest BCUT2D eigenvalue weighted by molar-refractivity contribution is 0.375. The van der Waals surface area contributed by atoms with Crippen molar-refractivity contribution in [1.29, 1.82) is 0 Å². The summed E-state index contributed by atoms with van der Waals surface area (Å²) in [5.41, 5.74) is 1.08. The van der Waals surface area contributed by atoms with E-state index in [0.717, 1.165) is 48.2 Å². The lowest BCUT2D eigenvalue weighted by Crippen LogP contribution is -2.27. The van der Waals surface area contributed by atoms with Crippen LogP contribution >= 0.6 is 11.3 Å². The number of fused-ring (bicyclic) bond motifs is 2. The summed E-state index contributed by atoms with van der Waals surface area (Å²) in [4.78, 5) is 4.64.